The van der Waals surface area contributed by atoms with Crippen LogP contribution in [-0.2, 0) is 19.1 Å². The second-order valence-corrected chi connectivity index (χ2v) is 6.49. The van der Waals surface area contributed by atoms with Crippen LogP contribution in [0.25, 0.3) is 0 Å². The van der Waals surface area contributed by atoms with Crippen molar-refractivity contribution in [3.8, 4) is 0 Å². The van der Waals surface area contributed by atoms with Crippen LogP contribution < -0.4 is 5.32 Å². The highest BCUT2D eigenvalue weighted by molar-refractivity contribution is 8.73. The topological polar surface area (TPSA) is 83.5 Å². The number of carbonyl (C=O) groups excluding carboxylic acids is 1. The minimum atomic E-state index is -4.14. The van der Waals surface area contributed by atoms with E-state index in [9.17, 15) is 13.2 Å². The Hall–Kier alpha value is -0.270. The summed E-state index contributed by atoms with van der Waals surface area (Å²) in [7, 11) is -5.65. The maximum absolute atomic E-state index is 10.6. The van der Waals surface area contributed by atoms with Crippen molar-refractivity contribution in [3.63, 3.8) is 0 Å². The van der Waals surface area contributed by atoms with E-state index in [0.717, 1.165) is 0 Å². The number of rotatable bonds is 1. The smallest absolute Gasteiger partial charge is 0.305 e. The van der Waals surface area contributed by atoms with Gasteiger partial charge in [-0.2, -0.15) is 0 Å². The van der Waals surface area contributed by atoms with Gasteiger partial charge in [0.15, 0.2) is 5.75 Å². The fourth-order valence-electron chi connectivity index (χ4n) is 0.620. The maximum atomic E-state index is 10.6. The third kappa shape index (κ3) is 1.41. The minimum absolute atomic E-state index is 0.192. The molecule has 1 aliphatic heterocycles. The molecule has 0 bridgehead atoms. The number of amides is 1. The van der Waals surface area contributed by atoms with Crippen LogP contribution in [0, 0.1) is 0 Å². The van der Waals surface area contributed by atoms with E-state index in [2.05, 4.69) is 5.32 Å². The summed E-state index contributed by atoms with van der Waals surface area (Å²) in [5.74, 6) is 0.192. The van der Waals surface area contributed by atoms with Crippen molar-refractivity contribution in [2.45, 2.75) is 0 Å². The predicted molar refractivity (Wildman–Crippen MR) is 37.2 cm³/mol. The normalized spacial score (nSPS) is 26.5. The first kappa shape index (κ1) is 7.83. The van der Waals surface area contributed by atoms with Crippen LogP contribution >= 0.6 is 0 Å². The fourth-order valence-corrected chi connectivity index (χ4v) is 3.39. The molecule has 2 N–H and O–H groups in total. The molecule has 0 spiro atoms. The molecule has 58 valence electrons. The van der Waals surface area contributed by atoms with Crippen LogP contribution in [0.5, 0.6) is 0 Å². The van der Waals surface area contributed by atoms with E-state index in [1.165, 1.54) is 0 Å². The average Bonchev–Trinajstić information content (AvgIpc) is 2.11. The van der Waals surface area contributed by atoms with Gasteiger partial charge in [0, 0.05) is 0 Å². The minimum Gasteiger partial charge on any atom is -0.305 e. The summed E-state index contributed by atoms with van der Waals surface area (Å²) >= 11 is 0. The Kier molecular flexibility index (Phi) is 1.88. The zero-order chi connectivity index (χ0) is 7.78. The van der Waals surface area contributed by atoms with Crippen molar-refractivity contribution in [2.24, 2.45) is 0 Å². The zero-order valence-corrected chi connectivity index (χ0v) is 6.54. The molecule has 1 rings (SSSR count). The number of nitrogens with one attached hydrogen (secondary N) is 1. The lowest BCUT2D eigenvalue weighted by atomic mass is 10.8. The van der Waals surface area contributed by atoms with Gasteiger partial charge in [0.2, 0.25) is 9.93 Å². The molecule has 0 aromatic carbocycles. The highest BCUT2D eigenvalue weighted by atomic mass is 33.2. The first-order valence-electron chi connectivity index (χ1n) is 2.48. The Morgan fingerprint density at radius 3 is 2.40 bits per heavy atom. The molecular formula is C3H6NO4S2+. The molecule has 7 heteroatoms. The van der Waals surface area contributed by atoms with Gasteiger partial charge in [-0.3, -0.25) is 0 Å². The summed E-state index contributed by atoms with van der Waals surface area (Å²) in [6.07, 6.45) is 0. The Morgan fingerprint density at radius 1 is 1.60 bits per heavy atom. The maximum Gasteiger partial charge on any atom is 0.457 e. The molecular weight excluding hydrogens is 178 g/mol. The average molecular weight is 184 g/mol. The van der Waals surface area contributed by atoms with Gasteiger partial charge >= 0.3 is 14.4 Å². The standard InChI is InChI=1S/C3H5NO4S2/c5-3-4-1-2-9(3)10(6,7)8/h1-2H2,(H-,4,5,6,7,8)/p+1. The molecule has 1 amide bonds. The molecule has 1 atom stereocenters. The van der Waals surface area contributed by atoms with E-state index in [1.807, 2.05) is 0 Å². The Balaban J connectivity index is 2.84. The third-order valence-electron chi connectivity index (χ3n) is 1.02. The second kappa shape index (κ2) is 2.40. The SMILES string of the molecule is O=C1NCC[S+]1S(=O)(=O)O. The van der Waals surface area contributed by atoms with E-state index < -0.39 is 24.3 Å². The van der Waals surface area contributed by atoms with Crippen LogP contribution in [0.4, 0.5) is 4.79 Å². The van der Waals surface area contributed by atoms with Crippen LogP contribution in [0.3, 0.4) is 0 Å². The van der Waals surface area contributed by atoms with Crippen LogP contribution in [0.1, 0.15) is 0 Å². The van der Waals surface area contributed by atoms with Crippen molar-refractivity contribution in [1.29, 1.82) is 0 Å². The van der Waals surface area contributed by atoms with E-state index in [1.54, 1.807) is 0 Å². The van der Waals surface area contributed by atoms with Crippen LogP contribution in [0.15, 0.2) is 0 Å². The number of hydrogen-bond donors (Lipinski definition) is 2. The molecule has 5 nitrogen and oxygen atoms in total. The largest absolute Gasteiger partial charge is 0.457 e. The Labute approximate surface area is 60.3 Å². The lowest BCUT2D eigenvalue weighted by molar-refractivity contribution is 0.262. The highest BCUT2D eigenvalue weighted by Crippen LogP contribution is 2.10. The first-order chi connectivity index (χ1) is 4.52. The number of hydrogen-bond acceptors (Lipinski definition) is 3. The first-order valence-corrected chi connectivity index (χ1v) is 5.83. The fraction of sp³-hybridized carbons (Fsp3) is 0.667. The second-order valence-electron chi connectivity index (χ2n) is 1.69. The van der Waals surface area contributed by atoms with Gasteiger partial charge in [-0.1, -0.05) is 0 Å². The van der Waals surface area contributed by atoms with Gasteiger partial charge < -0.3 is 5.32 Å². The van der Waals surface area contributed by atoms with Gasteiger partial charge in [-0.15, -0.1) is 8.42 Å². The summed E-state index contributed by atoms with van der Waals surface area (Å²) in [4.78, 5) is 10.6. The van der Waals surface area contributed by atoms with Crippen LogP contribution in [-0.4, -0.2) is 30.5 Å². The van der Waals surface area contributed by atoms with E-state index >= 15 is 0 Å². The molecule has 1 aliphatic rings. The van der Waals surface area contributed by atoms with Gasteiger partial charge in [0.1, 0.15) is 0 Å². The van der Waals surface area contributed by atoms with Crippen molar-refractivity contribution < 1.29 is 17.8 Å². The Bertz CT molecular complexity index is 245. The van der Waals surface area contributed by atoms with Crippen molar-refractivity contribution in [1.82, 2.24) is 5.32 Å². The van der Waals surface area contributed by atoms with Crippen molar-refractivity contribution in [2.75, 3.05) is 12.3 Å². The van der Waals surface area contributed by atoms with E-state index in [0.29, 0.717) is 6.54 Å². The molecule has 1 heterocycles. The molecule has 0 radical (unpaired) electrons. The highest BCUT2D eigenvalue weighted by Gasteiger charge is 2.47. The summed E-state index contributed by atoms with van der Waals surface area (Å²) in [5, 5.41) is 1.73. The Morgan fingerprint density at radius 2 is 2.20 bits per heavy atom. The molecule has 0 saturated carbocycles. The number of carbonyl (C=O) groups is 1. The van der Waals surface area contributed by atoms with Crippen molar-refractivity contribution >= 4 is 24.3 Å². The van der Waals surface area contributed by atoms with E-state index in [-0.39, 0.29) is 5.75 Å². The third-order valence-corrected chi connectivity index (χ3v) is 5.14. The van der Waals surface area contributed by atoms with Gasteiger partial charge in [-0.05, 0) is 0 Å². The molecule has 1 unspecified atom stereocenters. The van der Waals surface area contributed by atoms with Gasteiger partial charge in [0.25, 0.3) is 0 Å². The zero-order valence-electron chi connectivity index (χ0n) is 4.90. The predicted octanol–water partition coefficient (Wildman–Crippen LogP) is -0.869. The molecule has 0 aromatic heterocycles. The monoisotopic (exact) mass is 184 g/mol. The van der Waals surface area contributed by atoms with Gasteiger partial charge in [-0.25, -0.2) is 9.35 Å². The van der Waals surface area contributed by atoms with Gasteiger partial charge in [0.05, 0.1) is 6.54 Å². The molecule has 10 heavy (non-hydrogen) atoms. The summed E-state index contributed by atoms with van der Waals surface area (Å²) < 4.78 is 29.1. The molecule has 0 aromatic rings. The molecule has 1 fully saturated rings. The molecule has 1 saturated heterocycles. The van der Waals surface area contributed by atoms with Crippen LogP contribution in [0.2, 0.25) is 0 Å². The summed E-state index contributed by atoms with van der Waals surface area (Å²) in [6.45, 7) is 0.335. The quantitative estimate of drug-likeness (QED) is 0.315. The lowest BCUT2D eigenvalue weighted by Crippen LogP contribution is -2.24. The lowest BCUT2D eigenvalue weighted by Gasteiger charge is -1.87. The van der Waals surface area contributed by atoms with E-state index in [4.69, 9.17) is 4.55 Å². The summed E-state index contributed by atoms with van der Waals surface area (Å²) in [6, 6.07) is 0. The summed E-state index contributed by atoms with van der Waals surface area (Å²) in [5.41, 5.74) is 0. The van der Waals surface area contributed by atoms with Crippen molar-refractivity contribution in [3.05, 3.63) is 0 Å². The molecule has 0 aliphatic carbocycles.